The zero-order valence-corrected chi connectivity index (χ0v) is 15.6. The molecule has 0 aliphatic rings. The average molecular weight is 365 g/mol. The van der Waals surface area contributed by atoms with Crippen LogP contribution in [0.15, 0.2) is 55.1 Å². The standard InChI is InChI=1S/C21H23N3O3/c1-4-12-27-18-11-10-15(13-19(18)26-3)21(25)22-14-20-23-16-8-6-7-9-17(16)24(20)5-2/h4,6-11,13H,1,5,12,14H2,2-3H3,(H,22,25). The Morgan fingerprint density at radius 1 is 1.26 bits per heavy atom. The van der Waals surface area contributed by atoms with Gasteiger partial charge in [-0.25, -0.2) is 4.98 Å². The number of benzene rings is 2. The molecule has 0 aliphatic carbocycles. The van der Waals surface area contributed by atoms with Crippen molar-refractivity contribution in [3.63, 3.8) is 0 Å². The highest BCUT2D eigenvalue weighted by Crippen LogP contribution is 2.28. The summed E-state index contributed by atoms with van der Waals surface area (Å²) in [6.45, 7) is 7.19. The molecule has 0 aliphatic heterocycles. The largest absolute Gasteiger partial charge is 0.493 e. The quantitative estimate of drug-likeness (QED) is 0.620. The van der Waals surface area contributed by atoms with E-state index in [9.17, 15) is 4.79 Å². The molecule has 0 fully saturated rings. The third kappa shape index (κ3) is 3.95. The predicted octanol–water partition coefficient (Wildman–Crippen LogP) is 3.56. The smallest absolute Gasteiger partial charge is 0.251 e. The molecule has 1 amide bonds. The molecule has 6 heteroatoms. The molecule has 0 saturated carbocycles. The zero-order valence-electron chi connectivity index (χ0n) is 15.6. The van der Waals surface area contributed by atoms with Gasteiger partial charge in [-0.15, -0.1) is 0 Å². The van der Waals surface area contributed by atoms with Crippen molar-refractivity contribution in [2.45, 2.75) is 20.0 Å². The summed E-state index contributed by atoms with van der Waals surface area (Å²) in [5.74, 6) is 1.70. The summed E-state index contributed by atoms with van der Waals surface area (Å²) >= 11 is 0. The van der Waals surface area contributed by atoms with Gasteiger partial charge < -0.3 is 19.4 Å². The number of rotatable bonds is 8. The third-order valence-corrected chi connectivity index (χ3v) is 4.24. The fraction of sp³-hybridized carbons (Fsp3) is 0.238. The number of fused-ring (bicyclic) bond motifs is 1. The van der Waals surface area contributed by atoms with Gasteiger partial charge in [-0.05, 0) is 37.3 Å². The number of para-hydroxylation sites is 2. The number of aromatic nitrogens is 2. The van der Waals surface area contributed by atoms with E-state index in [0.29, 0.717) is 30.2 Å². The molecular weight excluding hydrogens is 342 g/mol. The van der Waals surface area contributed by atoms with E-state index in [0.717, 1.165) is 23.4 Å². The first-order valence-electron chi connectivity index (χ1n) is 8.82. The highest BCUT2D eigenvalue weighted by molar-refractivity contribution is 5.94. The Morgan fingerprint density at radius 3 is 2.81 bits per heavy atom. The topological polar surface area (TPSA) is 65.4 Å². The maximum absolute atomic E-state index is 12.6. The minimum absolute atomic E-state index is 0.196. The molecule has 0 saturated heterocycles. The van der Waals surface area contributed by atoms with Crippen molar-refractivity contribution >= 4 is 16.9 Å². The minimum atomic E-state index is -0.196. The monoisotopic (exact) mass is 365 g/mol. The van der Waals surface area contributed by atoms with E-state index in [4.69, 9.17) is 9.47 Å². The number of amides is 1. The minimum Gasteiger partial charge on any atom is -0.493 e. The molecule has 3 rings (SSSR count). The van der Waals surface area contributed by atoms with Gasteiger partial charge in [0.05, 0.1) is 24.7 Å². The van der Waals surface area contributed by atoms with Crippen LogP contribution in [-0.4, -0.2) is 29.2 Å². The molecule has 1 N–H and O–H groups in total. The Hall–Kier alpha value is -3.28. The van der Waals surface area contributed by atoms with E-state index >= 15 is 0 Å². The maximum Gasteiger partial charge on any atom is 0.251 e. The summed E-state index contributed by atoms with van der Waals surface area (Å²) < 4.78 is 12.9. The second-order valence-electron chi connectivity index (χ2n) is 5.91. The number of nitrogens with one attached hydrogen (secondary N) is 1. The lowest BCUT2D eigenvalue weighted by Gasteiger charge is -2.11. The van der Waals surface area contributed by atoms with Crippen LogP contribution >= 0.6 is 0 Å². The molecule has 0 spiro atoms. The number of ether oxygens (including phenoxy) is 2. The summed E-state index contributed by atoms with van der Waals surface area (Å²) in [5.41, 5.74) is 2.49. The lowest BCUT2D eigenvalue weighted by Crippen LogP contribution is -2.24. The fourth-order valence-electron chi connectivity index (χ4n) is 2.95. The van der Waals surface area contributed by atoms with Crippen LogP contribution in [0.3, 0.4) is 0 Å². The van der Waals surface area contributed by atoms with E-state index in [-0.39, 0.29) is 5.91 Å². The van der Waals surface area contributed by atoms with Crippen LogP contribution in [0.5, 0.6) is 11.5 Å². The Morgan fingerprint density at radius 2 is 2.07 bits per heavy atom. The van der Waals surface area contributed by atoms with Gasteiger partial charge >= 0.3 is 0 Å². The normalized spacial score (nSPS) is 10.6. The zero-order chi connectivity index (χ0) is 19.2. The Bertz CT molecular complexity index is 962. The van der Waals surface area contributed by atoms with Crippen LogP contribution in [0, 0.1) is 0 Å². The molecule has 0 radical (unpaired) electrons. The summed E-state index contributed by atoms with van der Waals surface area (Å²) in [7, 11) is 1.54. The molecule has 6 nitrogen and oxygen atoms in total. The lowest BCUT2D eigenvalue weighted by atomic mass is 10.2. The van der Waals surface area contributed by atoms with Crippen LogP contribution in [0.1, 0.15) is 23.1 Å². The Balaban J connectivity index is 1.75. The van der Waals surface area contributed by atoms with Gasteiger partial charge in [-0.3, -0.25) is 4.79 Å². The second-order valence-corrected chi connectivity index (χ2v) is 5.91. The van der Waals surface area contributed by atoms with Crippen molar-refractivity contribution in [3.05, 3.63) is 66.5 Å². The summed E-state index contributed by atoms with van der Waals surface area (Å²) in [4.78, 5) is 17.2. The molecule has 0 atom stereocenters. The molecule has 3 aromatic rings. The van der Waals surface area contributed by atoms with Crippen LogP contribution < -0.4 is 14.8 Å². The van der Waals surface area contributed by atoms with Gasteiger partial charge in [-0.1, -0.05) is 24.8 Å². The Kier molecular flexibility index (Phi) is 5.76. The van der Waals surface area contributed by atoms with E-state index in [1.54, 1.807) is 31.4 Å². The van der Waals surface area contributed by atoms with Crippen LogP contribution in [0.2, 0.25) is 0 Å². The van der Waals surface area contributed by atoms with Gasteiger partial charge in [0, 0.05) is 12.1 Å². The molecule has 1 heterocycles. The first kappa shape index (κ1) is 18.5. The van der Waals surface area contributed by atoms with Crippen LogP contribution in [0.25, 0.3) is 11.0 Å². The highest BCUT2D eigenvalue weighted by atomic mass is 16.5. The number of hydrogen-bond donors (Lipinski definition) is 1. The van der Waals surface area contributed by atoms with Crippen molar-refractivity contribution in [2.75, 3.05) is 13.7 Å². The number of hydrogen-bond acceptors (Lipinski definition) is 4. The summed E-state index contributed by atoms with van der Waals surface area (Å²) in [6, 6.07) is 13.0. The number of carbonyl (C=O) groups is 1. The Labute approximate surface area is 158 Å². The molecule has 2 aromatic carbocycles. The fourth-order valence-corrected chi connectivity index (χ4v) is 2.95. The van der Waals surface area contributed by atoms with E-state index in [1.807, 2.05) is 24.3 Å². The molecule has 140 valence electrons. The van der Waals surface area contributed by atoms with Crippen molar-refractivity contribution in [1.82, 2.24) is 14.9 Å². The van der Waals surface area contributed by atoms with E-state index in [2.05, 4.69) is 28.4 Å². The number of methoxy groups -OCH3 is 1. The molecule has 27 heavy (non-hydrogen) atoms. The number of aryl methyl sites for hydroxylation is 1. The first-order chi connectivity index (χ1) is 13.2. The molecular formula is C21H23N3O3. The van der Waals surface area contributed by atoms with Crippen molar-refractivity contribution in [3.8, 4) is 11.5 Å². The number of imidazole rings is 1. The summed E-state index contributed by atoms with van der Waals surface area (Å²) in [6.07, 6.45) is 1.65. The van der Waals surface area contributed by atoms with Crippen molar-refractivity contribution < 1.29 is 14.3 Å². The number of nitrogens with zero attached hydrogens (tertiary/aromatic N) is 2. The van der Waals surface area contributed by atoms with Gasteiger partial charge in [0.15, 0.2) is 11.5 Å². The SMILES string of the molecule is C=CCOc1ccc(C(=O)NCc2nc3ccccc3n2CC)cc1OC. The number of carbonyl (C=O) groups excluding carboxylic acids is 1. The van der Waals surface area contributed by atoms with Crippen molar-refractivity contribution in [2.24, 2.45) is 0 Å². The van der Waals surface area contributed by atoms with Crippen LogP contribution in [-0.2, 0) is 13.1 Å². The van der Waals surface area contributed by atoms with E-state index in [1.165, 1.54) is 0 Å². The van der Waals surface area contributed by atoms with Gasteiger partial charge in [-0.2, -0.15) is 0 Å². The molecule has 0 bridgehead atoms. The maximum atomic E-state index is 12.6. The molecule has 0 unspecified atom stereocenters. The second kappa shape index (κ2) is 8.40. The molecule has 1 aromatic heterocycles. The van der Waals surface area contributed by atoms with E-state index < -0.39 is 0 Å². The van der Waals surface area contributed by atoms with Gasteiger partial charge in [0.25, 0.3) is 5.91 Å². The third-order valence-electron chi connectivity index (χ3n) is 4.24. The average Bonchev–Trinajstić information content (AvgIpc) is 3.07. The van der Waals surface area contributed by atoms with Crippen molar-refractivity contribution in [1.29, 1.82) is 0 Å². The first-order valence-corrected chi connectivity index (χ1v) is 8.82. The van der Waals surface area contributed by atoms with Gasteiger partial charge in [0.2, 0.25) is 0 Å². The van der Waals surface area contributed by atoms with Gasteiger partial charge in [0.1, 0.15) is 12.4 Å². The van der Waals surface area contributed by atoms with Crippen LogP contribution in [0.4, 0.5) is 0 Å². The highest BCUT2D eigenvalue weighted by Gasteiger charge is 2.13. The lowest BCUT2D eigenvalue weighted by molar-refractivity contribution is 0.0949. The predicted molar refractivity (Wildman–Crippen MR) is 105 cm³/mol. The summed E-state index contributed by atoms with van der Waals surface area (Å²) in [5, 5.41) is 2.93.